The molecule has 1 aromatic carbocycles. The van der Waals surface area contributed by atoms with Crippen LogP contribution in [0.4, 0.5) is 17.6 Å². The Bertz CT molecular complexity index is 594. The molecule has 0 aliphatic rings. The van der Waals surface area contributed by atoms with E-state index in [9.17, 15) is 26.0 Å². The molecule has 8 heteroatoms. The second-order valence-corrected chi connectivity index (χ2v) is 6.03. The first-order valence-electron chi connectivity index (χ1n) is 5.29. The normalized spacial score (nSPS) is 12.8. The first-order valence-corrected chi connectivity index (χ1v) is 6.73. The minimum Gasteiger partial charge on any atom is -0.282 e. The van der Waals surface area contributed by atoms with E-state index in [2.05, 4.69) is 0 Å². The van der Waals surface area contributed by atoms with Gasteiger partial charge >= 0.3 is 10.1 Å². The van der Waals surface area contributed by atoms with Gasteiger partial charge in [0.05, 0.1) is 0 Å². The maximum absolute atomic E-state index is 13.8. The SMILES string of the molecule is CCC(C)(C)c1c(F)c(F)c(S(=O)(=O)O)c(F)c1F. The van der Waals surface area contributed by atoms with E-state index in [0.29, 0.717) is 0 Å². The zero-order valence-corrected chi connectivity index (χ0v) is 11.2. The van der Waals surface area contributed by atoms with Gasteiger partial charge in [-0.15, -0.1) is 0 Å². The molecule has 0 bridgehead atoms. The van der Waals surface area contributed by atoms with Gasteiger partial charge in [-0.05, 0) is 11.8 Å². The van der Waals surface area contributed by atoms with E-state index in [1.807, 2.05) is 0 Å². The summed E-state index contributed by atoms with van der Waals surface area (Å²) in [6.45, 7) is 4.24. The van der Waals surface area contributed by atoms with Crippen LogP contribution in [0.3, 0.4) is 0 Å². The molecule has 19 heavy (non-hydrogen) atoms. The highest BCUT2D eigenvalue weighted by Crippen LogP contribution is 2.36. The molecular weight excluding hydrogens is 288 g/mol. The smallest absolute Gasteiger partial charge is 0.282 e. The van der Waals surface area contributed by atoms with Crippen molar-refractivity contribution in [2.45, 2.75) is 37.5 Å². The summed E-state index contributed by atoms with van der Waals surface area (Å²) in [5.41, 5.74) is -2.13. The maximum atomic E-state index is 13.8. The number of rotatable bonds is 3. The van der Waals surface area contributed by atoms with Crippen LogP contribution in [0.25, 0.3) is 0 Å². The average Bonchev–Trinajstić information content (AvgIpc) is 2.25. The van der Waals surface area contributed by atoms with Crippen molar-refractivity contribution in [3.05, 3.63) is 28.8 Å². The van der Waals surface area contributed by atoms with Crippen LogP contribution in [-0.4, -0.2) is 13.0 Å². The summed E-state index contributed by atoms with van der Waals surface area (Å²) < 4.78 is 84.7. The molecule has 0 saturated heterocycles. The molecule has 0 atom stereocenters. The Labute approximate surface area is 108 Å². The molecule has 108 valence electrons. The Morgan fingerprint density at radius 2 is 1.37 bits per heavy atom. The van der Waals surface area contributed by atoms with Crippen LogP contribution in [0.5, 0.6) is 0 Å². The van der Waals surface area contributed by atoms with Crippen molar-refractivity contribution in [3.8, 4) is 0 Å². The van der Waals surface area contributed by atoms with Crippen molar-refractivity contribution >= 4 is 10.1 Å². The average molecular weight is 300 g/mol. The second-order valence-electron chi connectivity index (χ2n) is 4.67. The molecule has 0 spiro atoms. The van der Waals surface area contributed by atoms with E-state index in [-0.39, 0.29) is 6.42 Å². The molecule has 0 saturated carbocycles. The molecule has 0 radical (unpaired) electrons. The van der Waals surface area contributed by atoms with Crippen molar-refractivity contribution in [1.82, 2.24) is 0 Å². The van der Waals surface area contributed by atoms with Crippen LogP contribution in [0.2, 0.25) is 0 Å². The van der Waals surface area contributed by atoms with Crippen LogP contribution in [-0.2, 0) is 15.5 Å². The summed E-state index contributed by atoms with van der Waals surface area (Å²) in [7, 11) is -5.41. The predicted molar refractivity (Wildman–Crippen MR) is 59.4 cm³/mol. The van der Waals surface area contributed by atoms with Gasteiger partial charge in [-0.2, -0.15) is 8.42 Å². The zero-order chi connectivity index (χ0) is 15.2. The lowest BCUT2D eigenvalue weighted by atomic mass is 9.81. The molecule has 0 unspecified atom stereocenters. The third kappa shape index (κ3) is 2.59. The molecule has 1 aromatic rings. The fourth-order valence-electron chi connectivity index (χ4n) is 1.61. The lowest BCUT2D eigenvalue weighted by Crippen LogP contribution is -2.23. The van der Waals surface area contributed by atoms with Gasteiger partial charge in [0, 0.05) is 5.56 Å². The van der Waals surface area contributed by atoms with Crippen LogP contribution < -0.4 is 0 Å². The van der Waals surface area contributed by atoms with Gasteiger partial charge in [-0.3, -0.25) is 4.55 Å². The van der Waals surface area contributed by atoms with E-state index in [1.165, 1.54) is 13.8 Å². The summed E-state index contributed by atoms with van der Waals surface area (Å²) >= 11 is 0. The first-order chi connectivity index (χ1) is 8.45. The molecule has 0 aliphatic carbocycles. The summed E-state index contributed by atoms with van der Waals surface area (Å²) in [6, 6.07) is 0. The van der Waals surface area contributed by atoms with Crippen molar-refractivity contribution in [3.63, 3.8) is 0 Å². The predicted octanol–water partition coefficient (Wildman–Crippen LogP) is 3.18. The molecule has 0 aromatic heterocycles. The van der Waals surface area contributed by atoms with Crippen molar-refractivity contribution in [1.29, 1.82) is 0 Å². The minimum atomic E-state index is -5.41. The van der Waals surface area contributed by atoms with Gasteiger partial charge in [0.25, 0.3) is 0 Å². The van der Waals surface area contributed by atoms with Crippen LogP contribution >= 0.6 is 0 Å². The molecular formula is C11H12F4O3S. The van der Waals surface area contributed by atoms with E-state index >= 15 is 0 Å². The van der Waals surface area contributed by atoms with Crippen molar-refractivity contribution < 1.29 is 30.5 Å². The topological polar surface area (TPSA) is 54.4 Å². The molecule has 1 rings (SSSR count). The largest absolute Gasteiger partial charge is 0.300 e. The molecule has 3 nitrogen and oxygen atoms in total. The summed E-state index contributed by atoms with van der Waals surface area (Å²) in [4.78, 5) is -2.02. The van der Waals surface area contributed by atoms with Crippen LogP contribution in [0.15, 0.2) is 4.90 Å². The lowest BCUT2D eigenvalue weighted by Gasteiger charge is -2.25. The Balaban J connectivity index is 3.87. The molecule has 0 heterocycles. The number of hydrogen-bond donors (Lipinski definition) is 1. The third-order valence-corrected chi connectivity index (χ3v) is 3.92. The van der Waals surface area contributed by atoms with E-state index in [0.717, 1.165) is 0 Å². The van der Waals surface area contributed by atoms with Gasteiger partial charge in [0.1, 0.15) is 0 Å². The third-order valence-electron chi connectivity index (χ3n) is 3.04. The van der Waals surface area contributed by atoms with Crippen LogP contribution in [0, 0.1) is 23.3 Å². The Hall–Kier alpha value is -1.15. The fraction of sp³-hybridized carbons (Fsp3) is 0.455. The second kappa shape index (κ2) is 4.75. The van der Waals surface area contributed by atoms with Gasteiger partial charge < -0.3 is 0 Å². The molecule has 0 aliphatic heterocycles. The highest BCUT2D eigenvalue weighted by Gasteiger charge is 2.37. The van der Waals surface area contributed by atoms with Crippen LogP contribution in [0.1, 0.15) is 32.8 Å². The maximum Gasteiger partial charge on any atom is 0.300 e. The van der Waals surface area contributed by atoms with Crippen molar-refractivity contribution in [2.75, 3.05) is 0 Å². The monoisotopic (exact) mass is 300 g/mol. The summed E-state index contributed by atoms with van der Waals surface area (Å²) in [5.74, 6) is -7.90. The van der Waals surface area contributed by atoms with Gasteiger partial charge in [-0.1, -0.05) is 20.8 Å². The van der Waals surface area contributed by atoms with Gasteiger partial charge in [0.15, 0.2) is 28.2 Å². The summed E-state index contributed by atoms with van der Waals surface area (Å²) in [6.07, 6.45) is 0.158. The Morgan fingerprint density at radius 3 is 1.63 bits per heavy atom. The Morgan fingerprint density at radius 1 is 1.00 bits per heavy atom. The highest BCUT2D eigenvalue weighted by molar-refractivity contribution is 7.85. The highest BCUT2D eigenvalue weighted by atomic mass is 32.2. The number of halogens is 4. The van der Waals surface area contributed by atoms with Gasteiger partial charge in [-0.25, -0.2) is 17.6 Å². The van der Waals surface area contributed by atoms with Crippen molar-refractivity contribution in [2.24, 2.45) is 0 Å². The minimum absolute atomic E-state index is 0.158. The number of hydrogen-bond acceptors (Lipinski definition) is 2. The van der Waals surface area contributed by atoms with Gasteiger partial charge in [0.2, 0.25) is 0 Å². The standard InChI is InChI=1S/C11H12F4O3S/c1-4-11(2,3)5-6(12)8(14)10(19(16,17)18)9(15)7(5)13/h4H2,1-3H3,(H,16,17,18). The first kappa shape index (κ1) is 15.9. The molecule has 0 amide bonds. The quantitative estimate of drug-likeness (QED) is 0.530. The zero-order valence-electron chi connectivity index (χ0n) is 10.4. The summed E-state index contributed by atoms with van der Waals surface area (Å²) in [5, 5.41) is 0. The van der Waals surface area contributed by atoms with E-state index < -0.39 is 49.3 Å². The fourth-order valence-corrected chi connectivity index (χ4v) is 2.24. The Kier molecular flexibility index (Phi) is 3.98. The lowest BCUT2D eigenvalue weighted by molar-refractivity contribution is 0.361. The van der Waals surface area contributed by atoms with E-state index in [4.69, 9.17) is 4.55 Å². The number of benzene rings is 1. The molecule has 0 fully saturated rings. The molecule has 1 N–H and O–H groups in total. The van der Waals surface area contributed by atoms with E-state index in [1.54, 1.807) is 6.92 Å².